The lowest BCUT2D eigenvalue weighted by atomic mass is 10.2. The van der Waals surface area contributed by atoms with Crippen LogP contribution in [0.3, 0.4) is 0 Å². The number of para-hydroxylation sites is 1. The van der Waals surface area contributed by atoms with E-state index in [1.54, 1.807) is 7.11 Å². The molecule has 5 heteroatoms. The molecule has 0 aliphatic heterocycles. The summed E-state index contributed by atoms with van der Waals surface area (Å²) in [6, 6.07) is 14.3. The molecule has 0 aliphatic carbocycles. The van der Waals surface area contributed by atoms with Crippen molar-refractivity contribution in [3.8, 4) is 11.4 Å². The van der Waals surface area contributed by atoms with E-state index in [0.717, 1.165) is 28.3 Å². The Kier molecular flexibility index (Phi) is 4.35. The van der Waals surface area contributed by atoms with Crippen molar-refractivity contribution in [3.05, 3.63) is 51.9 Å². The molecule has 0 bridgehead atoms. The van der Waals surface area contributed by atoms with Gasteiger partial charge < -0.3 is 4.74 Å². The van der Waals surface area contributed by atoms with E-state index < -0.39 is 0 Å². The molecule has 0 N–H and O–H groups in total. The Balaban J connectivity index is 2.28. The third-order valence-corrected chi connectivity index (χ3v) is 4.25. The van der Waals surface area contributed by atoms with Crippen LogP contribution in [0.1, 0.15) is 5.82 Å². The van der Waals surface area contributed by atoms with E-state index >= 15 is 0 Å². The summed E-state index contributed by atoms with van der Waals surface area (Å²) in [4.78, 5) is 4.72. The molecule has 0 aliphatic rings. The molecule has 3 aromatic rings. The second-order valence-electron chi connectivity index (χ2n) is 4.61. The third kappa shape index (κ3) is 2.74. The average molecular weight is 413 g/mol. The summed E-state index contributed by atoms with van der Waals surface area (Å²) >= 11 is 8.24. The maximum absolute atomic E-state index is 5.94. The second kappa shape index (κ2) is 6.23. The number of hydrogen-bond acceptors (Lipinski definition) is 2. The lowest BCUT2D eigenvalue weighted by molar-refractivity contribution is 0.419. The Morgan fingerprint density at radius 2 is 1.95 bits per heavy atom. The molecule has 1 heterocycles. The van der Waals surface area contributed by atoms with Gasteiger partial charge in [-0.25, -0.2) is 4.98 Å². The summed E-state index contributed by atoms with van der Waals surface area (Å²) in [6.07, 6.45) is 0.714. The number of alkyl halides is 1. The zero-order chi connectivity index (χ0) is 14.8. The van der Waals surface area contributed by atoms with Crippen LogP contribution < -0.4 is 4.74 Å². The first-order chi connectivity index (χ1) is 10.2. The minimum Gasteiger partial charge on any atom is -0.494 e. The predicted molar refractivity (Wildman–Crippen MR) is 94.8 cm³/mol. The number of methoxy groups -OCH3 is 1. The molecule has 0 unspecified atom stereocenters. The first-order valence-corrected chi connectivity index (χ1v) is 8.22. The number of ether oxygens (including phenoxy) is 1. The fourth-order valence-electron chi connectivity index (χ4n) is 2.42. The van der Waals surface area contributed by atoms with Crippen molar-refractivity contribution >= 4 is 45.2 Å². The van der Waals surface area contributed by atoms with Gasteiger partial charge in [-0.3, -0.25) is 4.57 Å². The number of hydrogen-bond donors (Lipinski definition) is 0. The molecule has 21 heavy (non-hydrogen) atoms. The van der Waals surface area contributed by atoms with Gasteiger partial charge in [0.05, 0.1) is 12.6 Å². The van der Waals surface area contributed by atoms with Crippen molar-refractivity contribution < 1.29 is 4.74 Å². The van der Waals surface area contributed by atoms with Gasteiger partial charge in [0.15, 0.2) is 0 Å². The highest BCUT2D eigenvalue weighted by atomic mass is 127. The molecule has 2 aromatic carbocycles. The van der Waals surface area contributed by atoms with Gasteiger partial charge in [0.2, 0.25) is 0 Å². The van der Waals surface area contributed by atoms with Gasteiger partial charge in [0.1, 0.15) is 17.1 Å². The van der Waals surface area contributed by atoms with E-state index in [1.165, 1.54) is 3.57 Å². The molecule has 0 fully saturated rings. The van der Waals surface area contributed by atoms with Gasteiger partial charge in [0.25, 0.3) is 0 Å². The lowest BCUT2D eigenvalue weighted by Crippen LogP contribution is -2.02. The molecule has 0 saturated heterocycles. The van der Waals surface area contributed by atoms with Gasteiger partial charge in [-0.2, -0.15) is 0 Å². The van der Waals surface area contributed by atoms with Crippen LogP contribution in [-0.2, 0) is 6.42 Å². The third-order valence-electron chi connectivity index (χ3n) is 3.34. The predicted octanol–water partition coefficient (Wildman–Crippen LogP) is 4.42. The second-order valence-corrected chi connectivity index (χ2v) is 6.23. The van der Waals surface area contributed by atoms with Crippen molar-refractivity contribution in [1.82, 2.24) is 9.55 Å². The fraction of sp³-hybridized carbons (Fsp3) is 0.188. The maximum atomic E-state index is 5.94. The lowest BCUT2D eigenvalue weighted by Gasteiger charge is -2.09. The quantitative estimate of drug-likeness (QED) is 0.468. The molecule has 108 valence electrons. The van der Waals surface area contributed by atoms with Crippen LogP contribution in [0.15, 0.2) is 42.5 Å². The minimum atomic E-state index is 0.538. The van der Waals surface area contributed by atoms with Crippen LogP contribution in [0.2, 0.25) is 0 Å². The van der Waals surface area contributed by atoms with Crippen molar-refractivity contribution in [2.45, 2.75) is 6.42 Å². The molecule has 0 radical (unpaired) electrons. The highest BCUT2D eigenvalue weighted by Gasteiger charge is 2.14. The topological polar surface area (TPSA) is 27.1 Å². The van der Waals surface area contributed by atoms with E-state index in [4.69, 9.17) is 21.3 Å². The number of aromatic nitrogens is 2. The molecule has 3 nitrogen and oxygen atoms in total. The van der Waals surface area contributed by atoms with E-state index in [9.17, 15) is 0 Å². The summed E-state index contributed by atoms with van der Waals surface area (Å²) in [6.45, 7) is 0. The number of aryl methyl sites for hydroxylation is 1. The van der Waals surface area contributed by atoms with E-state index in [1.807, 2.05) is 12.1 Å². The van der Waals surface area contributed by atoms with E-state index in [0.29, 0.717) is 12.3 Å². The van der Waals surface area contributed by atoms with Gasteiger partial charge in [0, 0.05) is 21.6 Å². The highest BCUT2D eigenvalue weighted by molar-refractivity contribution is 14.1. The van der Waals surface area contributed by atoms with Crippen LogP contribution in [0.25, 0.3) is 16.7 Å². The van der Waals surface area contributed by atoms with Crippen molar-refractivity contribution in [3.63, 3.8) is 0 Å². The van der Waals surface area contributed by atoms with Crippen molar-refractivity contribution in [2.75, 3.05) is 13.0 Å². The standard InChI is InChI=1S/C16H14ClIN2O/c1-21-14-4-2-3-13-16(14)19-15(9-10-17)20(13)12-7-5-11(18)6-8-12/h2-8H,9-10H2,1H3. The molecule has 0 spiro atoms. The molecule has 1 aromatic heterocycles. The summed E-state index contributed by atoms with van der Waals surface area (Å²) in [5.41, 5.74) is 3.00. The number of benzene rings is 2. The number of nitrogens with zero attached hydrogens (tertiary/aromatic N) is 2. The largest absolute Gasteiger partial charge is 0.494 e. The van der Waals surface area contributed by atoms with Crippen molar-refractivity contribution in [1.29, 1.82) is 0 Å². The Labute approximate surface area is 142 Å². The first-order valence-electron chi connectivity index (χ1n) is 6.61. The Hall–Kier alpha value is -1.27. The zero-order valence-corrected chi connectivity index (χ0v) is 14.4. The monoisotopic (exact) mass is 412 g/mol. The van der Waals surface area contributed by atoms with Crippen LogP contribution in [0.4, 0.5) is 0 Å². The first kappa shape index (κ1) is 14.7. The molecular formula is C16H14ClIN2O. The number of imidazole rings is 1. The maximum Gasteiger partial charge on any atom is 0.146 e. The van der Waals surface area contributed by atoms with Gasteiger partial charge in [-0.1, -0.05) is 6.07 Å². The average Bonchev–Trinajstić information content (AvgIpc) is 2.86. The summed E-state index contributed by atoms with van der Waals surface area (Å²) in [5.74, 6) is 2.27. The van der Waals surface area contributed by atoms with E-state index in [2.05, 4.69) is 57.5 Å². The molecule has 0 amide bonds. The van der Waals surface area contributed by atoms with Crippen LogP contribution in [0, 0.1) is 3.57 Å². The fourth-order valence-corrected chi connectivity index (χ4v) is 2.95. The highest BCUT2D eigenvalue weighted by Crippen LogP contribution is 2.29. The van der Waals surface area contributed by atoms with Crippen LogP contribution in [-0.4, -0.2) is 22.5 Å². The Morgan fingerprint density at radius 1 is 1.19 bits per heavy atom. The van der Waals surface area contributed by atoms with Gasteiger partial charge in [-0.05, 0) is 59.0 Å². The summed E-state index contributed by atoms with van der Waals surface area (Å²) in [5, 5.41) is 0. The SMILES string of the molecule is COc1cccc2c1nc(CCCl)n2-c1ccc(I)cc1. The molecule has 0 saturated carbocycles. The number of fused-ring (bicyclic) bond motifs is 1. The van der Waals surface area contributed by atoms with Crippen molar-refractivity contribution in [2.24, 2.45) is 0 Å². The minimum absolute atomic E-state index is 0.538. The van der Waals surface area contributed by atoms with Gasteiger partial charge in [-0.15, -0.1) is 11.6 Å². The van der Waals surface area contributed by atoms with Gasteiger partial charge >= 0.3 is 0 Å². The molecular weight excluding hydrogens is 399 g/mol. The zero-order valence-electron chi connectivity index (χ0n) is 11.5. The Morgan fingerprint density at radius 3 is 2.62 bits per heavy atom. The molecule has 0 atom stereocenters. The summed E-state index contributed by atoms with van der Waals surface area (Å²) in [7, 11) is 1.67. The van der Waals surface area contributed by atoms with Crippen LogP contribution >= 0.6 is 34.2 Å². The Bertz CT molecular complexity index is 768. The normalized spacial score (nSPS) is 11.0. The number of rotatable bonds is 4. The van der Waals surface area contributed by atoms with Crippen LogP contribution in [0.5, 0.6) is 5.75 Å². The molecule has 3 rings (SSSR count). The summed E-state index contributed by atoms with van der Waals surface area (Å²) < 4.78 is 8.77. The number of halogens is 2. The van der Waals surface area contributed by atoms with E-state index in [-0.39, 0.29) is 0 Å². The smallest absolute Gasteiger partial charge is 0.146 e.